The zero-order valence-corrected chi connectivity index (χ0v) is 9.85. The minimum absolute atomic E-state index is 0.222. The van der Waals surface area contributed by atoms with E-state index in [1.807, 2.05) is 12.3 Å². The lowest BCUT2D eigenvalue weighted by atomic mass is 10.1. The topological polar surface area (TPSA) is 70.1 Å². The number of nitrogens with one attached hydrogen (secondary N) is 2. The summed E-state index contributed by atoms with van der Waals surface area (Å²) < 4.78 is 0. The van der Waals surface area contributed by atoms with E-state index in [1.54, 1.807) is 18.2 Å². The van der Waals surface area contributed by atoms with Gasteiger partial charge < -0.3 is 15.7 Å². The maximum atomic E-state index is 9.39. The quantitative estimate of drug-likeness (QED) is 0.745. The van der Waals surface area contributed by atoms with Crippen LogP contribution in [0, 0.1) is 0 Å². The van der Waals surface area contributed by atoms with Crippen molar-refractivity contribution in [2.24, 2.45) is 0 Å². The molecule has 2 aromatic rings. The summed E-state index contributed by atoms with van der Waals surface area (Å²) >= 11 is 0. The second-order valence-corrected chi connectivity index (χ2v) is 4.27. The molecule has 0 radical (unpaired) electrons. The molecule has 1 aromatic carbocycles. The Bertz CT molecular complexity index is 571. The third-order valence-corrected chi connectivity index (χ3v) is 2.92. The number of aromatic nitrogens is 2. The molecule has 0 saturated heterocycles. The van der Waals surface area contributed by atoms with Crippen LogP contribution < -0.4 is 10.6 Å². The van der Waals surface area contributed by atoms with Crippen molar-refractivity contribution in [2.75, 3.05) is 11.9 Å². The van der Waals surface area contributed by atoms with E-state index in [2.05, 4.69) is 20.6 Å². The van der Waals surface area contributed by atoms with Crippen molar-refractivity contribution in [1.82, 2.24) is 15.3 Å². The summed E-state index contributed by atoms with van der Waals surface area (Å²) in [5, 5.41) is 15.8. The molecule has 0 spiro atoms. The summed E-state index contributed by atoms with van der Waals surface area (Å²) in [6.45, 7) is 1.77. The molecule has 5 nitrogen and oxygen atoms in total. The Balaban J connectivity index is 1.85. The van der Waals surface area contributed by atoms with E-state index in [1.165, 1.54) is 5.56 Å². The van der Waals surface area contributed by atoms with Gasteiger partial charge in [-0.1, -0.05) is 6.07 Å². The van der Waals surface area contributed by atoms with Gasteiger partial charge in [0, 0.05) is 24.5 Å². The summed E-state index contributed by atoms with van der Waals surface area (Å²) in [5.41, 5.74) is 3.02. The molecular weight excluding hydrogens is 228 g/mol. The van der Waals surface area contributed by atoms with Crippen molar-refractivity contribution in [3.05, 3.63) is 41.7 Å². The van der Waals surface area contributed by atoms with Gasteiger partial charge in [-0.25, -0.2) is 9.97 Å². The van der Waals surface area contributed by atoms with Crippen molar-refractivity contribution in [3.8, 4) is 5.75 Å². The summed E-state index contributed by atoms with van der Waals surface area (Å²) in [6.07, 6.45) is 2.84. The van der Waals surface area contributed by atoms with Crippen molar-refractivity contribution in [3.63, 3.8) is 0 Å². The number of hydrogen-bond acceptors (Lipinski definition) is 5. The average molecular weight is 242 g/mol. The Morgan fingerprint density at radius 2 is 2.28 bits per heavy atom. The number of benzene rings is 1. The molecular formula is C13H14N4O. The minimum Gasteiger partial charge on any atom is -0.508 e. The summed E-state index contributed by atoms with van der Waals surface area (Å²) in [7, 11) is 0. The number of anilines is 2. The van der Waals surface area contributed by atoms with Crippen molar-refractivity contribution < 1.29 is 5.11 Å². The highest BCUT2D eigenvalue weighted by Crippen LogP contribution is 2.19. The maximum absolute atomic E-state index is 9.39. The van der Waals surface area contributed by atoms with Gasteiger partial charge in [0.1, 0.15) is 5.75 Å². The smallest absolute Gasteiger partial charge is 0.227 e. The van der Waals surface area contributed by atoms with Crippen molar-refractivity contribution in [2.45, 2.75) is 13.0 Å². The second kappa shape index (κ2) is 4.62. The lowest BCUT2D eigenvalue weighted by Crippen LogP contribution is -2.25. The molecule has 3 N–H and O–H groups in total. The van der Waals surface area contributed by atoms with Crippen LogP contribution in [-0.2, 0) is 13.0 Å². The van der Waals surface area contributed by atoms with Gasteiger partial charge in [-0.3, -0.25) is 0 Å². The van der Waals surface area contributed by atoms with Gasteiger partial charge in [-0.05, 0) is 30.7 Å². The van der Waals surface area contributed by atoms with Crippen LogP contribution in [0.1, 0.15) is 11.3 Å². The molecule has 1 aromatic heterocycles. The maximum Gasteiger partial charge on any atom is 0.227 e. The molecule has 0 fully saturated rings. The number of rotatable bonds is 2. The Kier molecular flexibility index (Phi) is 2.82. The minimum atomic E-state index is 0.222. The standard InChI is InChI=1S/C13H14N4O/c18-11-3-1-2-10(6-11)16-13-15-7-9-4-5-14-8-12(9)17-13/h1-3,6-7,14,18H,4-5,8H2,(H,15,16,17). The fraction of sp³-hybridized carbons (Fsp3) is 0.231. The lowest BCUT2D eigenvalue weighted by molar-refractivity contribution is 0.475. The van der Waals surface area contributed by atoms with E-state index in [4.69, 9.17) is 0 Å². The molecule has 5 heteroatoms. The van der Waals surface area contributed by atoms with E-state index in [0.717, 1.165) is 30.9 Å². The molecule has 92 valence electrons. The lowest BCUT2D eigenvalue weighted by Gasteiger charge is -2.16. The fourth-order valence-electron chi connectivity index (χ4n) is 2.01. The summed E-state index contributed by atoms with van der Waals surface area (Å²) in [4.78, 5) is 8.76. The van der Waals surface area contributed by atoms with Gasteiger partial charge in [-0.15, -0.1) is 0 Å². The number of aromatic hydroxyl groups is 1. The van der Waals surface area contributed by atoms with Gasteiger partial charge in [0.25, 0.3) is 0 Å². The van der Waals surface area contributed by atoms with Crippen LogP contribution in [0.5, 0.6) is 5.75 Å². The molecule has 1 aliphatic rings. The third-order valence-electron chi connectivity index (χ3n) is 2.92. The van der Waals surface area contributed by atoms with Crippen LogP contribution in [0.3, 0.4) is 0 Å². The second-order valence-electron chi connectivity index (χ2n) is 4.27. The van der Waals surface area contributed by atoms with E-state index < -0.39 is 0 Å². The van der Waals surface area contributed by atoms with Crippen LogP contribution >= 0.6 is 0 Å². The molecule has 0 unspecified atom stereocenters. The molecule has 1 aliphatic heterocycles. The summed E-state index contributed by atoms with van der Waals surface area (Å²) in [5.74, 6) is 0.780. The number of phenolic OH excluding ortho intramolecular Hbond substituents is 1. The Morgan fingerprint density at radius 1 is 1.33 bits per heavy atom. The zero-order valence-electron chi connectivity index (χ0n) is 9.85. The molecule has 2 heterocycles. The third kappa shape index (κ3) is 2.26. The molecule has 3 rings (SSSR count). The molecule has 0 amide bonds. The first-order valence-corrected chi connectivity index (χ1v) is 5.93. The number of nitrogens with zero attached hydrogens (tertiary/aromatic N) is 2. The van der Waals surface area contributed by atoms with Gasteiger partial charge in [-0.2, -0.15) is 0 Å². The monoisotopic (exact) mass is 242 g/mol. The SMILES string of the molecule is Oc1cccc(Nc2ncc3c(n2)CNCC3)c1. The van der Waals surface area contributed by atoms with E-state index in [9.17, 15) is 5.11 Å². The largest absolute Gasteiger partial charge is 0.508 e. The molecule has 0 aliphatic carbocycles. The van der Waals surface area contributed by atoms with Crippen LogP contribution in [-0.4, -0.2) is 21.6 Å². The Morgan fingerprint density at radius 3 is 3.17 bits per heavy atom. The highest BCUT2D eigenvalue weighted by atomic mass is 16.3. The molecule has 0 atom stereocenters. The fourth-order valence-corrected chi connectivity index (χ4v) is 2.01. The molecule has 0 saturated carbocycles. The highest BCUT2D eigenvalue weighted by Gasteiger charge is 2.11. The van der Waals surface area contributed by atoms with Crippen LogP contribution in [0.25, 0.3) is 0 Å². The highest BCUT2D eigenvalue weighted by molar-refractivity contribution is 5.55. The van der Waals surface area contributed by atoms with Gasteiger partial charge in [0.15, 0.2) is 0 Å². The number of fused-ring (bicyclic) bond motifs is 1. The van der Waals surface area contributed by atoms with Crippen molar-refractivity contribution in [1.29, 1.82) is 0 Å². The molecule has 0 bridgehead atoms. The summed E-state index contributed by atoms with van der Waals surface area (Å²) in [6, 6.07) is 6.91. The van der Waals surface area contributed by atoms with Gasteiger partial charge in [0.2, 0.25) is 5.95 Å². The van der Waals surface area contributed by atoms with E-state index >= 15 is 0 Å². The molecule has 18 heavy (non-hydrogen) atoms. The first-order chi connectivity index (χ1) is 8.81. The number of hydrogen-bond donors (Lipinski definition) is 3. The number of phenols is 1. The van der Waals surface area contributed by atoms with Gasteiger partial charge in [0.05, 0.1) is 5.69 Å². The van der Waals surface area contributed by atoms with Crippen LogP contribution in [0.15, 0.2) is 30.5 Å². The predicted octanol–water partition coefficient (Wildman–Crippen LogP) is 1.57. The Hall–Kier alpha value is -2.14. The first-order valence-electron chi connectivity index (χ1n) is 5.93. The first kappa shape index (κ1) is 11.0. The van der Waals surface area contributed by atoms with Crippen LogP contribution in [0.2, 0.25) is 0 Å². The van der Waals surface area contributed by atoms with Gasteiger partial charge >= 0.3 is 0 Å². The predicted molar refractivity (Wildman–Crippen MR) is 68.8 cm³/mol. The van der Waals surface area contributed by atoms with E-state index in [0.29, 0.717) is 5.95 Å². The average Bonchev–Trinajstić information content (AvgIpc) is 2.39. The normalized spacial score (nSPS) is 14.0. The van der Waals surface area contributed by atoms with Crippen LogP contribution in [0.4, 0.5) is 11.6 Å². The Labute approximate surface area is 105 Å². The van der Waals surface area contributed by atoms with E-state index in [-0.39, 0.29) is 5.75 Å². The zero-order chi connectivity index (χ0) is 12.4. The van der Waals surface area contributed by atoms with Crippen molar-refractivity contribution >= 4 is 11.6 Å².